The minimum atomic E-state index is -3.69. The lowest BCUT2D eigenvalue weighted by Crippen LogP contribution is -2.15. The maximum absolute atomic E-state index is 12.4. The lowest BCUT2D eigenvalue weighted by atomic mass is 10.2. The van der Waals surface area contributed by atoms with Crippen molar-refractivity contribution in [3.05, 3.63) is 66.1 Å². The highest BCUT2D eigenvalue weighted by Crippen LogP contribution is 2.18. The highest BCUT2D eigenvalue weighted by atomic mass is 32.2. The van der Waals surface area contributed by atoms with Crippen LogP contribution in [-0.2, 0) is 16.6 Å². The van der Waals surface area contributed by atoms with Crippen LogP contribution in [0.2, 0.25) is 0 Å². The van der Waals surface area contributed by atoms with Crippen molar-refractivity contribution in [3.63, 3.8) is 0 Å². The number of nitrogens with one attached hydrogen (secondary N) is 2. The zero-order chi connectivity index (χ0) is 17.0. The van der Waals surface area contributed by atoms with E-state index in [1.807, 2.05) is 6.07 Å². The van der Waals surface area contributed by atoms with E-state index in [1.165, 1.54) is 0 Å². The first-order valence-electron chi connectivity index (χ1n) is 7.23. The Morgan fingerprint density at radius 2 is 1.75 bits per heavy atom. The van der Waals surface area contributed by atoms with Gasteiger partial charge in [0.05, 0.1) is 17.7 Å². The van der Waals surface area contributed by atoms with Crippen LogP contribution in [-0.4, -0.2) is 18.6 Å². The molecule has 0 bridgehead atoms. The van der Waals surface area contributed by atoms with Gasteiger partial charge in [-0.2, -0.15) is 0 Å². The molecule has 3 rings (SSSR count). The van der Waals surface area contributed by atoms with Gasteiger partial charge in [0.2, 0.25) is 0 Å². The van der Waals surface area contributed by atoms with E-state index in [9.17, 15) is 8.42 Å². The number of nitrogens with zero attached hydrogens (tertiary/aromatic N) is 2. The monoisotopic (exact) mass is 344 g/mol. The topological polar surface area (TPSA) is 97.1 Å². The minimum absolute atomic E-state index is 0.154. The number of aryl methyl sites for hydroxylation is 1. The Balaban J connectivity index is 1.68. The molecular weight excluding hydrogens is 328 g/mol. The zero-order valence-electron chi connectivity index (χ0n) is 12.9. The number of hydrogen-bond acceptors (Lipinski definition) is 6. The summed E-state index contributed by atoms with van der Waals surface area (Å²) in [5.41, 5.74) is 0.662. The summed E-state index contributed by atoms with van der Waals surface area (Å²) in [6, 6.07) is 13.6. The highest BCUT2D eigenvalue weighted by Gasteiger charge is 2.17. The van der Waals surface area contributed by atoms with Crippen LogP contribution in [0, 0.1) is 6.92 Å². The lowest BCUT2D eigenvalue weighted by Gasteiger charge is -2.09. The summed E-state index contributed by atoms with van der Waals surface area (Å²) in [5.74, 6) is 1.44. The van der Waals surface area contributed by atoms with Crippen LogP contribution in [0.25, 0.3) is 0 Å². The molecule has 0 saturated heterocycles. The number of benzene rings is 1. The fraction of sp³-hybridized carbons (Fsp3) is 0.125. The van der Waals surface area contributed by atoms with Crippen molar-refractivity contribution in [1.82, 2.24) is 10.2 Å². The molecule has 7 nitrogen and oxygen atoms in total. The van der Waals surface area contributed by atoms with Gasteiger partial charge in [-0.15, -0.1) is 10.2 Å². The van der Waals surface area contributed by atoms with Crippen LogP contribution >= 0.6 is 0 Å². The Bertz CT molecular complexity index is 907. The number of hydrogen-bond donors (Lipinski definition) is 2. The fourth-order valence-electron chi connectivity index (χ4n) is 2.12. The standard InChI is InChI=1S/C16H16N4O3S/c1-12-5-2-3-7-14(12)24(21,22)20-16-9-8-15(18-19-16)17-11-13-6-4-10-23-13/h2-10H,11H2,1H3,(H,17,18)(H,19,20). The van der Waals surface area contributed by atoms with Crippen molar-refractivity contribution < 1.29 is 12.8 Å². The maximum Gasteiger partial charge on any atom is 0.263 e. The summed E-state index contributed by atoms with van der Waals surface area (Å²) in [7, 11) is -3.69. The molecule has 0 aliphatic rings. The molecule has 3 aromatic rings. The molecule has 1 aromatic carbocycles. The van der Waals surface area contributed by atoms with Gasteiger partial charge in [0.25, 0.3) is 10.0 Å². The number of rotatable bonds is 6. The second kappa shape index (κ2) is 6.71. The first-order valence-corrected chi connectivity index (χ1v) is 8.71. The van der Waals surface area contributed by atoms with Crippen LogP contribution in [0.15, 0.2) is 64.1 Å². The van der Waals surface area contributed by atoms with Crippen molar-refractivity contribution in [3.8, 4) is 0 Å². The van der Waals surface area contributed by atoms with Gasteiger partial charge in [0.1, 0.15) is 11.6 Å². The number of aromatic nitrogens is 2. The number of anilines is 2. The summed E-state index contributed by atoms with van der Waals surface area (Å²) in [5, 5.41) is 10.9. The van der Waals surface area contributed by atoms with Crippen LogP contribution in [0.4, 0.5) is 11.6 Å². The van der Waals surface area contributed by atoms with E-state index in [-0.39, 0.29) is 10.7 Å². The molecule has 24 heavy (non-hydrogen) atoms. The third kappa shape index (κ3) is 3.72. The predicted octanol–water partition coefficient (Wildman–Crippen LogP) is 2.79. The van der Waals surface area contributed by atoms with Crippen molar-refractivity contribution in [1.29, 1.82) is 0 Å². The van der Waals surface area contributed by atoms with E-state index >= 15 is 0 Å². The van der Waals surface area contributed by atoms with Gasteiger partial charge in [-0.3, -0.25) is 4.72 Å². The van der Waals surface area contributed by atoms with E-state index < -0.39 is 10.0 Å². The van der Waals surface area contributed by atoms with Crippen molar-refractivity contribution >= 4 is 21.7 Å². The normalized spacial score (nSPS) is 11.2. The molecule has 0 unspecified atom stereocenters. The second-order valence-electron chi connectivity index (χ2n) is 5.11. The average Bonchev–Trinajstić information content (AvgIpc) is 3.07. The summed E-state index contributed by atoms with van der Waals surface area (Å²) < 4.78 is 32.4. The van der Waals surface area contributed by atoms with Crippen LogP contribution in [0.3, 0.4) is 0 Å². The molecule has 2 heterocycles. The molecular formula is C16H16N4O3S. The Hall–Kier alpha value is -2.87. The second-order valence-corrected chi connectivity index (χ2v) is 6.76. The smallest absolute Gasteiger partial charge is 0.263 e. The molecule has 0 radical (unpaired) electrons. The number of sulfonamides is 1. The van der Waals surface area contributed by atoms with E-state index in [2.05, 4.69) is 20.2 Å². The molecule has 0 amide bonds. The van der Waals surface area contributed by atoms with Crippen molar-refractivity contribution in [2.24, 2.45) is 0 Å². The first-order chi connectivity index (χ1) is 11.5. The summed E-state index contributed by atoms with van der Waals surface area (Å²) >= 11 is 0. The predicted molar refractivity (Wildman–Crippen MR) is 90.1 cm³/mol. The molecule has 2 N–H and O–H groups in total. The summed E-state index contributed by atoms with van der Waals surface area (Å²) in [6.45, 7) is 2.21. The van der Waals surface area contributed by atoms with E-state index in [4.69, 9.17) is 4.42 Å². The zero-order valence-corrected chi connectivity index (χ0v) is 13.7. The summed E-state index contributed by atoms with van der Waals surface area (Å²) in [6.07, 6.45) is 1.59. The van der Waals surface area contributed by atoms with Crippen molar-refractivity contribution in [2.75, 3.05) is 10.0 Å². The molecule has 124 valence electrons. The van der Waals surface area contributed by atoms with E-state index in [1.54, 1.807) is 55.7 Å². The van der Waals surface area contributed by atoms with Gasteiger partial charge >= 0.3 is 0 Å². The Morgan fingerprint density at radius 1 is 1.00 bits per heavy atom. The molecule has 8 heteroatoms. The molecule has 2 aromatic heterocycles. The third-order valence-electron chi connectivity index (χ3n) is 3.31. The van der Waals surface area contributed by atoms with Gasteiger partial charge in [-0.25, -0.2) is 8.42 Å². The Kier molecular flexibility index (Phi) is 4.48. The number of furan rings is 1. The Morgan fingerprint density at radius 3 is 2.42 bits per heavy atom. The quantitative estimate of drug-likeness (QED) is 0.714. The van der Waals surface area contributed by atoms with Crippen LogP contribution in [0.5, 0.6) is 0 Å². The summed E-state index contributed by atoms with van der Waals surface area (Å²) in [4.78, 5) is 0.215. The largest absolute Gasteiger partial charge is 0.467 e. The molecule has 0 atom stereocenters. The third-order valence-corrected chi connectivity index (χ3v) is 4.83. The van der Waals surface area contributed by atoms with Crippen molar-refractivity contribution in [2.45, 2.75) is 18.4 Å². The average molecular weight is 344 g/mol. The molecule has 0 aliphatic carbocycles. The van der Waals surface area contributed by atoms with Crippen LogP contribution < -0.4 is 10.0 Å². The molecule has 0 fully saturated rings. The highest BCUT2D eigenvalue weighted by molar-refractivity contribution is 7.92. The van der Waals surface area contributed by atoms with E-state index in [0.29, 0.717) is 17.9 Å². The van der Waals surface area contributed by atoms with Gasteiger partial charge in [-0.05, 0) is 42.8 Å². The molecule has 0 spiro atoms. The van der Waals surface area contributed by atoms with Gasteiger partial charge in [0, 0.05) is 0 Å². The van der Waals surface area contributed by atoms with Gasteiger partial charge in [0.15, 0.2) is 5.82 Å². The van der Waals surface area contributed by atoms with Gasteiger partial charge < -0.3 is 9.73 Å². The fourth-order valence-corrected chi connectivity index (χ4v) is 3.37. The lowest BCUT2D eigenvalue weighted by molar-refractivity contribution is 0.517. The molecule has 0 aliphatic heterocycles. The van der Waals surface area contributed by atoms with Gasteiger partial charge in [-0.1, -0.05) is 18.2 Å². The van der Waals surface area contributed by atoms with E-state index in [0.717, 1.165) is 5.76 Å². The Labute approximate surface area is 139 Å². The maximum atomic E-state index is 12.4. The molecule has 0 saturated carbocycles. The SMILES string of the molecule is Cc1ccccc1S(=O)(=O)Nc1ccc(NCc2ccco2)nn1. The minimum Gasteiger partial charge on any atom is -0.467 e. The van der Waals surface area contributed by atoms with Crippen LogP contribution in [0.1, 0.15) is 11.3 Å². The first kappa shape index (κ1) is 16.0.